The number of hydrogen-bond donors (Lipinski definition) is 0. The summed E-state index contributed by atoms with van der Waals surface area (Å²) in [7, 11) is 0. The van der Waals surface area contributed by atoms with Gasteiger partial charge in [0, 0.05) is 18.0 Å². The van der Waals surface area contributed by atoms with Crippen LogP contribution in [0.5, 0.6) is 0 Å². The molecule has 0 amide bonds. The van der Waals surface area contributed by atoms with E-state index < -0.39 is 0 Å². The van der Waals surface area contributed by atoms with Crippen molar-refractivity contribution >= 4 is 16.9 Å². The Balaban J connectivity index is 1.50. The van der Waals surface area contributed by atoms with Crippen LogP contribution in [0.2, 0.25) is 0 Å². The van der Waals surface area contributed by atoms with E-state index in [9.17, 15) is 4.79 Å². The fourth-order valence-corrected chi connectivity index (χ4v) is 2.60. The van der Waals surface area contributed by atoms with E-state index in [0.29, 0.717) is 13.0 Å². The average Bonchev–Trinajstić information content (AvgIpc) is 2.61. The summed E-state index contributed by atoms with van der Waals surface area (Å²) in [6.07, 6.45) is 3.83. The van der Waals surface area contributed by atoms with Crippen molar-refractivity contribution in [3.63, 3.8) is 0 Å². The first kappa shape index (κ1) is 15.2. The molecule has 3 aromatic rings. The Bertz CT molecular complexity index is 779. The van der Waals surface area contributed by atoms with Crippen molar-refractivity contribution in [1.82, 2.24) is 4.98 Å². The summed E-state index contributed by atoms with van der Waals surface area (Å²) in [6, 6.07) is 19.9. The van der Waals surface area contributed by atoms with Crippen LogP contribution >= 0.6 is 0 Å². The number of benzene rings is 2. The molecule has 1 heterocycles. The predicted molar refractivity (Wildman–Crippen MR) is 90.9 cm³/mol. The van der Waals surface area contributed by atoms with Crippen LogP contribution in [0.1, 0.15) is 24.0 Å². The van der Waals surface area contributed by atoms with Crippen LogP contribution in [0.4, 0.5) is 0 Å². The van der Waals surface area contributed by atoms with Crippen LogP contribution in [0.25, 0.3) is 10.9 Å². The van der Waals surface area contributed by atoms with Crippen LogP contribution < -0.4 is 0 Å². The average molecular weight is 305 g/mol. The molecule has 0 bridgehead atoms. The number of rotatable bonds is 6. The topological polar surface area (TPSA) is 39.2 Å². The van der Waals surface area contributed by atoms with Crippen molar-refractivity contribution in [3.8, 4) is 0 Å². The normalized spacial score (nSPS) is 10.6. The summed E-state index contributed by atoms with van der Waals surface area (Å²) in [5.74, 6) is -0.151. The van der Waals surface area contributed by atoms with Crippen molar-refractivity contribution in [2.75, 3.05) is 0 Å². The molecule has 0 unspecified atom stereocenters. The molecular weight excluding hydrogens is 286 g/mol. The van der Waals surface area contributed by atoms with Gasteiger partial charge in [0.1, 0.15) is 6.61 Å². The van der Waals surface area contributed by atoms with E-state index >= 15 is 0 Å². The molecule has 0 saturated heterocycles. The van der Waals surface area contributed by atoms with Crippen molar-refractivity contribution in [3.05, 3.63) is 78.0 Å². The molecule has 0 spiro atoms. The molecule has 3 rings (SSSR count). The van der Waals surface area contributed by atoms with Crippen LogP contribution in [-0.4, -0.2) is 11.0 Å². The number of carbonyl (C=O) groups is 1. The van der Waals surface area contributed by atoms with Crippen molar-refractivity contribution in [2.45, 2.75) is 25.9 Å². The maximum Gasteiger partial charge on any atom is 0.306 e. The van der Waals surface area contributed by atoms with Gasteiger partial charge in [-0.25, -0.2) is 0 Å². The van der Waals surface area contributed by atoms with Crippen molar-refractivity contribution in [1.29, 1.82) is 0 Å². The molecule has 0 radical (unpaired) electrons. The molecule has 0 saturated carbocycles. The Hall–Kier alpha value is -2.68. The van der Waals surface area contributed by atoms with Gasteiger partial charge in [0.05, 0.1) is 5.52 Å². The highest BCUT2D eigenvalue weighted by molar-refractivity contribution is 5.81. The number of nitrogens with zero attached hydrogens (tertiary/aromatic N) is 1. The first-order chi connectivity index (χ1) is 11.3. The second-order valence-electron chi connectivity index (χ2n) is 5.49. The van der Waals surface area contributed by atoms with E-state index in [2.05, 4.69) is 23.2 Å². The molecule has 0 aliphatic heterocycles. The molecule has 0 N–H and O–H groups in total. The fraction of sp³-hybridized carbons (Fsp3) is 0.200. The predicted octanol–water partition coefficient (Wildman–Crippen LogP) is 4.30. The van der Waals surface area contributed by atoms with Crippen molar-refractivity contribution in [2.24, 2.45) is 0 Å². The van der Waals surface area contributed by atoms with E-state index in [-0.39, 0.29) is 5.97 Å². The Labute approximate surface area is 135 Å². The van der Waals surface area contributed by atoms with Crippen molar-refractivity contribution < 1.29 is 9.53 Å². The lowest BCUT2D eigenvalue weighted by molar-refractivity contribution is -0.145. The minimum atomic E-state index is -0.151. The summed E-state index contributed by atoms with van der Waals surface area (Å²) in [5, 5.41) is 1.14. The Morgan fingerprint density at radius 2 is 1.78 bits per heavy atom. The highest BCUT2D eigenvalue weighted by Gasteiger charge is 2.06. The minimum Gasteiger partial charge on any atom is -0.461 e. The molecule has 116 valence electrons. The van der Waals surface area contributed by atoms with Gasteiger partial charge in [-0.2, -0.15) is 0 Å². The van der Waals surface area contributed by atoms with Gasteiger partial charge >= 0.3 is 5.97 Å². The lowest BCUT2D eigenvalue weighted by Crippen LogP contribution is -2.05. The van der Waals surface area contributed by atoms with E-state index in [0.717, 1.165) is 29.3 Å². The summed E-state index contributed by atoms with van der Waals surface area (Å²) in [4.78, 5) is 16.3. The van der Waals surface area contributed by atoms with Gasteiger partial charge in [-0.15, -0.1) is 0 Å². The van der Waals surface area contributed by atoms with E-state index in [1.165, 1.54) is 5.56 Å². The molecule has 0 atom stereocenters. The van der Waals surface area contributed by atoms with Crippen LogP contribution in [0.15, 0.2) is 66.9 Å². The van der Waals surface area contributed by atoms with Crippen LogP contribution in [-0.2, 0) is 22.6 Å². The second kappa shape index (κ2) is 7.54. The summed E-state index contributed by atoms with van der Waals surface area (Å²) < 4.78 is 5.30. The number of fused-ring (bicyclic) bond motifs is 1. The standard InChI is InChI=1S/C20H19NO2/c22-19(23-15-16-7-2-1-3-8-16)13-5-11-17-9-4-10-18-12-6-14-21-20(17)18/h1-4,6-10,12,14H,5,11,13,15H2. The maximum absolute atomic E-state index is 11.8. The SMILES string of the molecule is O=C(CCCc1cccc2cccnc12)OCc1ccccc1. The number of pyridine rings is 1. The third-order valence-corrected chi connectivity index (χ3v) is 3.79. The molecular formula is C20H19NO2. The van der Waals surface area contributed by atoms with Gasteiger partial charge in [-0.1, -0.05) is 54.6 Å². The fourth-order valence-electron chi connectivity index (χ4n) is 2.60. The highest BCUT2D eigenvalue weighted by Crippen LogP contribution is 2.18. The summed E-state index contributed by atoms with van der Waals surface area (Å²) in [6.45, 7) is 0.343. The number of hydrogen-bond acceptors (Lipinski definition) is 3. The molecule has 3 heteroatoms. The number of carbonyl (C=O) groups excluding carboxylic acids is 1. The van der Waals surface area contributed by atoms with Gasteiger partial charge < -0.3 is 4.74 Å². The summed E-state index contributed by atoms with van der Waals surface area (Å²) >= 11 is 0. The zero-order chi connectivity index (χ0) is 15.9. The number of esters is 1. The van der Waals surface area contributed by atoms with Gasteiger partial charge in [0.25, 0.3) is 0 Å². The Morgan fingerprint density at radius 1 is 0.957 bits per heavy atom. The van der Waals surface area contributed by atoms with Gasteiger partial charge in [-0.3, -0.25) is 9.78 Å². The first-order valence-electron chi connectivity index (χ1n) is 7.85. The molecule has 2 aromatic carbocycles. The molecule has 1 aromatic heterocycles. The molecule has 0 aliphatic rings. The van der Waals surface area contributed by atoms with E-state index in [1.54, 1.807) is 6.20 Å². The number of ether oxygens (including phenoxy) is 1. The lowest BCUT2D eigenvalue weighted by atomic mass is 10.0. The molecule has 0 aliphatic carbocycles. The number of para-hydroxylation sites is 1. The van der Waals surface area contributed by atoms with Gasteiger partial charge in [-0.05, 0) is 30.0 Å². The molecule has 0 fully saturated rings. The maximum atomic E-state index is 11.8. The van der Waals surface area contributed by atoms with Gasteiger partial charge in [0.2, 0.25) is 0 Å². The zero-order valence-electron chi connectivity index (χ0n) is 12.9. The summed E-state index contributed by atoms with van der Waals surface area (Å²) in [5.41, 5.74) is 3.21. The third kappa shape index (κ3) is 4.16. The largest absolute Gasteiger partial charge is 0.461 e. The van der Waals surface area contributed by atoms with E-state index in [1.807, 2.05) is 42.5 Å². The highest BCUT2D eigenvalue weighted by atomic mass is 16.5. The monoisotopic (exact) mass is 305 g/mol. The second-order valence-corrected chi connectivity index (χ2v) is 5.49. The minimum absolute atomic E-state index is 0.151. The zero-order valence-corrected chi connectivity index (χ0v) is 12.9. The Morgan fingerprint density at radius 3 is 2.65 bits per heavy atom. The van der Waals surface area contributed by atoms with Gasteiger partial charge in [0.15, 0.2) is 0 Å². The number of aromatic nitrogens is 1. The lowest BCUT2D eigenvalue weighted by Gasteiger charge is -2.06. The first-order valence-corrected chi connectivity index (χ1v) is 7.85. The quantitative estimate of drug-likeness (QED) is 0.637. The number of aryl methyl sites for hydroxylation is 1. The van der Waals surface area contributed by atoms with Crippen LogP contribution in [0, 0.1) is 0 Å². The Kier molecular flexibility index (Phi) is 4.99. The third-order valence-electron chi connectivity index (χ3n) is 3.79. The van der Waals surface area contributed by atoms with Crippen LogP contribution in [0.3, 0.4) is 0 Å². The molecule has 23 heavy (non-hydrogen) atoms. The van der Waals surface area contributed by atoms with E-state index in [4.69, 9.17) is 4.74 Å². The molecule has 3 nitrogen and oxygen atoms in total. The smallest absolute Gasteiger partial charge is 0.306 e.